The van der Waals surface area contributed by atoms with E-state index in [2.05, 4.69) is 24.7 Å². The second kappa shape index (κ2) is 13.2. The molecule has 0 spiro atoms. The molecule has 15 heteroatoms. The number of benzene rings is 1. The number of aromatic nitrogens is 2. The van der Waals surface area contributed by atoms with Crippen molar-refractivity contribution in [1.82, 2.24) is 15.0 Å². The molecule has 1 fully saturated rings. The van der Waals surface area contributed by atoms with E-state index in [4.69, 9.17) is 29.1 Å². The van der Waals surface area contributed by atoms with Crippen molar-refractivity contribution in [2.45, 2.75) is 38.6 Å². The number of rotatable bonds is 9. The van der Waals surface area contributed by atoms with Gasteiger partial charge in [-0.1, -0.05) is 19.0 Å². The van der Waals surface area contributed by atoms with Crippen molar-refractivity contribution in [2.24, 2.45) is 0 Å². The fraction of sp³-hybridized carbons (Fsp3) is 0.545. The van der Waals surface area contributed by atoms with Crippen molar-refractivity contribution >= 4 is 33.7 Å². The van der Waals surface area contributed by atoms with Gasteiger partial charge in [0.15, 0.2) is 11.6 Å². The average molecular weight is 546 g/mol. The lowest BCUT2D eigenvalue weighted by molar-refractivity contribution is -0.159. The van der Waals surface area contributed by atoms with Crippen LogP contribution in [-0.2, 0) is 19.6 Å². The molecule has 13 nitrogen and oxygen atoms in total. The average Bonchev–Trinajstić information content (AvgIpc) is 3.31. The number of nitrogens with zero attached hydrogens (tertiary/aromatic N) is 4. The first kappa shape index (κ1) is 29.8. The third-order valence-electron chi connectivity index (χ3n) is 5.44. The molecule has 1 aliphatic heterocycles. The van der Waals surface area contributed by atoms with E-state index in [0.29, 0.717) is 31.0 Å². The van der Waals surface area contributed by atoms with Crippen LogP contribution in [0.1, 0.15) is 38.4 Å². The SMILES string of the molecule is CC(C)c1noc(N2CCC(N(C)CCOc3ccc(NS(C)(=O)=O)c(F)c3)CC2)n1.O=C(O)C(=O)O. The Balaban J connectivity index is 0.000000717. The van der Waals surface area contributed by atoms with Crippen LogP contribution in [0.15, 0.2) is 22.7 Å². The van der Waals surface area contributed by atoms with Crippen LogP contribution in [-0.4, -0.2) is 91.2 Å². The number of sulfonamides is 1. The number of hydrogen-bond acceptors (Lipinski definition) is 10. The molecule has 3 rings (SSSR count). The van der Waals surface area contributed by atoms with E-state index < -0.39 is 27.8 Å². The van der Waals surface area contributed by atoms with Gasteiger partial charge in [0.25, 0.3) is 0 Å². The zero-order valence-corrected chi connectivity index (χ0v) is 21.9. The molecule has 0 amide bonds. The summed E-state index contributed by atoms with van der Waals surface area (Å²) in [6, 6.07) is 5.08. The van der Waals surface area contributed by atoms with Gasteiger partial charge in [-0.25, -0.2) is 22.4 Å². The molecule has 1 aliphatic rings. The van der Waals surface area contributed by atoms with E-state index in [1.54, 1.807) is 6.07 Å². The molecule has 2 heterocycles. The topological polar surface area (TPSA) is 175 Å². The van der Waals surface area contributed by atoms with E-state index >= 15 is 0 Å². The zero-order chi connectivity index (χ0) is 27.8. The number of anilines is 2. The summed E-state index contributed by atoms with van der Waals surface area (Å²) in [5.41, 5.74) is -0.0968. The molecular weight excluding hydrogens is 513 g/mol. The van der Waals surface area contributed by atoms with E-state index in [1.165, 1.54) is 12.1 Å². The minimum atomic E-state index is -3.53. The molecule has 0 atom stereocenters. The molecule has 1 aromatic heterocycles. The minimum Gasteiger partial charge on any atom is -0.492 e. The highest BCUT2D eigenvalue weighted by Crippen LogP contribution is 2.23. The van der Waals surface area contributed by atoms with Crippen molar-refractivity contribution in [3.05, 3.63) is 29.8 Å². The smallest absolute Gasteiger partial charge is 0.414 e. The Morgan fingerprint density at radius 2 is 1.89 bits per heavy atom. The Labute approximate surface area is 214 Å². The maximum absolute atomic E-state index is 14.0. The summed E-state index contributed by atoms with van der Waals surface area (Å²) >= 11 is 0. The fourth-order valence-electron chi connectivity index (χ4n) is 3.45. The molecule has 3 N–H and O–H groups in total. The van der Waals surface area contributed by atoms with E-state index in [-0.39, 0.29) is 11.6 Å². The van der Waals surface area contributed by atoms with Crippen molar-refractivity contribution in [3.8, 4) is 5.75 Å². The summed E-state index contributed by atoms with van der Waals surface area (Å²) in [6.07, 6.45) is 2.91. The molecular formula is C22H32FN5O8S. The van der Waals surface area contributed by atoms with Gasteiger partial charge in [-0.15, -0.1) is 0 Å². The first-order chi connectivity index (χ1) is 17.3. The number of halogens is 1. The van der Waals surface area contributed by atoms with Crippen molar-refractivity contribution < 1.29 is 41.9 Å². The predicted molar refractivity (Wildman–Crippen MR) is 132 cm³/mol. The highest BCUT2D eigenvalue weighted by Gasteiger charge is 2.25. The highest BCUT2D eigenvalue weighted by atomic mass is 32.2. The quantitative estimate of drug-likeness (QED) is 0.390. The molecule has 37 heavy (non-hydrogen) atoms. The van der Waals surface area contributed by atoms with Crippen LogP contribution in [0, 0.1) is 5.82 Å². The maximum Gasteiger partial charge on any atom is 0.414 e. The van der Waals surface area contributed by atoms with Gasteiger partial charge < -0.3 is 24.4 Å². The van der Waals surface area contributed by atoms with E-state index in [0.717, 1.165) is 38.0 Å². The minimum absolute atomic E-state index is 0.0968. The van der Waals surface area contributed by atoms with Gasteiger partial charge in [0.05, 0.1) is 11.9 Å². The van der Waals surface area contributed by atoms with Crippen molar-refractivity contribution in [2.75, 3.05) is 49.2 Å². The molecule has 0 unspecified atom stereocenters. The summed E-state index contributed by atoms with van der Waals surface area (Å²) in [5.74, 6) is -3.00. The van der Waals surface area contributed by atoms with Crippen LogP contribution < -0.4 is 14.4 Å². The number of nitrogens with one attached hydrogen (secondary N) is 1. The van der Waals surface area contributed by atoms with Gasteiger partial charge >= 0.3 is 18.0 Å². The lowest BCUT2D eigenvalue weighted by Gasteiger charge is -2.35. The van der Waals surface area contributed by atoms with E-state index in [1.807, 2.05) is 20.9 Å². The Hall–Kier alpha value is -3.46. The summed E-state index contributed by atoms with van der Waals surface area (Å²) in [7, 11) is -1.48. The van der Waals surface area contributed by atoms with Gasteiger partial charge in [0, 0.05) is 37.7 Å². The molecule has 206 valence electrons. The molecule has 0 radical (unpaired) electrons. The molecule has 1 aromatic carbocycles. The standard InChI is InChI=1S/C20H30FN5O4S.C2H2O4/c1-14(2)19-22-20(30-23-19)26-9-7-15(8-10-26)25(3)11-12-29-16-5-6-18(17(21)13-16)24-31(4,27)28;3-1(4)2(5)6/h5-6,13-15,24H,7-12H2,1-4H3;(H,3,4)(H,5,6). The molecule has 2 aromatic rings. The first-order valence-corrected chi connectivity index (χ1v) is 13.3. The molecule has 0 aliphatic carbocycles. The normalized spacial score (nSPS) is 14.3. The van der Waals surface area contributed by atoms with Crippen LogP contribution in [0.4, 0.5) is 16.1 Å². The van der Waals surface area contributed by atoms with Crippen molar-refractivity contribution in [3.63, 3.8) is 0 Å². The Kier molecular flexibility index (Phi) is 10.6. The summed E-state index contributed by atoms with van der Waals surface area (Å²) in [4.78, 5) is 27.0. The van der Waals surface area contributed by atoms with Gasteiger partial charge in [-0.3, -0.25) is 9.62 Å². The van der Waals surface area contributed by atoms with Crippen LogP contribution >= 0.6 is 0 Å². The summed E-state index contributed by atoms with van der Waals surface area (Å²) in [5, 5.41) is 18.8. The summed E-state index contributed by atoms with van der Waals surface area (Å²) in [6.45, 7) is 6.84. The third kappa shape index (κ3) is 9.84. The highest BCUT2D eigenvalue weighted by molar-refractivity contribution is 7.92. The Morgan fingerprint density at radius 1 is 1.27 bits per heavy atom. The molecule has 0 saturated carbocycles. The zero-order valence-electron chi connectivity index (χ0n) is 21.0. The summed E-state index contributed by atoms with van der Waals surface area (Å²) < 4.78 is 49.7. The Bertz CT molecular complexity index is 1150. The number of ether oxygens (including phenoxy) is 1. The number of likely N-dealkylation sites (N-methyl/N-ethyl adjacent to an activating group) is 1. The second-order valence-corrected chi connectivity index (χ2v) is 10.5. The van der Waals surface area contributed by atoms with Crippen LogP contribution in [0.25, 0.3) is 0 Å². The third-order valence-corrected chi connectivity index (χ3v) is 6.03. The van der Waals surface area contributed by atoms with E-state index in [9.17, 15) is 12.8 Å². The predicted octanol–water partition coefficient (Wildman–Crippen LogP) is 1.84. The number of aliphatic carboxylic acids is 2. The fourth-order valence-corrected chi connectivity index (χ4v) is 4.01. The van der Waals surface area contributed by atoms with Gasteiger partial charge in [-0.05, 0) is 32.0 Å². The van der Waals surface area contributed by atoms with Crippen LogP contribution in [0.5, 0.6) is 5.75 Å². The number of hydrogen-bond donors (Lipinski definition) is 3. The van der Waals surface area contributed by atoms with Gasteiger partial charge in [0.1, 0.15) is 12.4 Å². The van der Waals surface area contributed by atoms with Gasteiger partial charge in [-0.2, -0.15) is 4.98 Å². The van der Waals surface area contributed by atoms with Crippen LogP contribution in [0.2, 0.25) is 0 Å². The number of carboxylic acids is 2. The first-order valence-electron chi connectivity index (χ1n) is 11.4. The Morgan fingerprint density at radius 3 is 2.38 bits per heavy atom. The second-order valence-electron chi connectivity index (χ2n) is 8.76. The monoisotopic (exact) mass is 545 g/mol. The lowest BCUT2D eigenvalue weighted by Crippen LogP contribution is -2.44. The largest absolute Gasteiger partial charge is 0.492 e. The maximum atomic E-state index is 14.0. The number of carboxylic acid groups (broad SMARTS) is 2. The van der Waals surface area contributed by atoms with Gasteiger partial charge in [0.2, 0.25) is 10.0 Å². The van der Waals surface area contributed by atoms with Crippen LogP contribution in [0.3, 0.4) is 0 Å². The lowest BCUT2D eigenvalue weighted by atomic mass is 10.0. The van der Waals surface area contributed by atoms with Crippen molar-refractivity contribution in [1.29, 1.82) is 0 Å². The molecule has 1 saturated heterocycles. The number of carbonyl (C=O) groups is 2. The molecule has 0 bridgehead atoms. The number of piperidine rings is 1.